The van der Waals surface area contributed by atoms with Crippen molar-refractivity contribution in [1.82, 2.24) is 15.5 Å². The van der Waals surface area contributed by atoms with Crippen molar-refractivity contribution in [3.05, 3.63) is 35.4 Å². The fourth-order valence-electron chi connectivity index (χ4n) is 2.88. The van der Waals surface area contributed by atoms with Gasteiger partial charge in [0.15, 0.2) is 5.96 Å². The van der Waals surface area contributed by atoms with E-state index in [0.29, 0.717) is 0 Å². The van der Waals surface area contributed by atoms with Crippen LogP contribution in [-0.2, 0) is 11.3 Å². The number of nitrogens with zero attached hydrogens (tertiary/aromatic N) is 2. The fourth-order valence-corrected chi connectivity index (χ4v) is 2.88. The Bertz CT molecular complexity index is 622. The van der Waals surface area contributed by atoms with Crippen molar-refractivity contribution in [3.63, 3.8) is 0 Å². The number of aliphatic imine (C=N–C) groups is 1. The zero-order chi connectivity index (χ0) is 18.4. The van der Waals surface area contributed by atoms with Crippen molar-refractivity contribution in [3.8, 4) is 0 Å². The number of aryl methyl sites for hydroxylation is 1. The zero-order valence-electron chi connectivity index (χ0n) is 15.9. The third-order valence-electron chi connectivity index (χ3n) is 3.95. The molecule has 1 atom stereocenters. The van der Waals surface area contributed by atoms with Crippen LogP contribution in [0.3, 0.4) is 0 Å². The number of amides is 1. The average Bonchev–Trinajstić information content (AvgIpc) is 2.94. The SMILES string of the molecule is CN=C(NCc1cccc(C)c1)N1CCC(NC(=O)OC(C)(C)C)C1. The van der Waals surface area contributed by atoms with Crippen LogP contribution in [-0.4, -0.2) is 48.7 Å². The molecule has 1 amide bonds. The lowest BCUT2D eigenvalue weighted by molar-refractivity contribution is 0.0507. The first-order valence-electron chi connectivity index (χ1n) is 8.77. The van der Waals surface area contributed by atoms with Gasteiger partial charge < -0.3 is 20.3 Å². The number of likely N-dealkylation sites (tertiary alicyclic amines) is 1. The highest BCUT2D eigenvalue weighted by Crippen LogP contribution is 2.12. The van der Waals surface area contributed by atoms with Crippen LogP contribution in [0.15, 0.2) is 29.3 Å². The van der Waals surface area contributed by atoms with Gasteiger partial charge in [-0.25, -0.2) is 4.79 Å². The van der Waals surface area contributed by atoms with E-state index in [-0.39, 0.29) is 12.1 Å². The van der Waals surface area contributed by atoms with Gasteiger partial charge in [0, 0.05) is 26.7 Å². The molecular weight excluding hydrogens is 316 g/mol. The van der Waals surface area contributed by atoms with Crippen molar-refractivity contribution < 1.29 is 9.53 Å². The number of nitrogens with one attached hydrogen (secondary N) is 2. The second-order valence-corrected chi connectivity index (χ2v) is 7.47. The van der Waals surface area contributed by atoms with Crippen LogP contribution in [0.5, 0.6) is 0 Å². The Morgan fingerprint density at radius 3 is 2.80 bits per heavy atom. The highest BCUT2D eigenvalue weighted by Gasteiger charge is 2.27. The van der Waals surface area contributed by atoms with E-state index in [9.17, 15) is 4.79 Å². The van der Waals surface area contributed by atoms with E-state index in [1.165, 1.54) is 11.1 Å². The topological polar surface area (TPSA) is 66.0 Å². The Hall–Kier alpha value is -2.24. The van der Waals surface area contributed by atoms with Crippen molar-refractivity contribution in [2.24, 2.45) is 4.99 Å². The zero-order valence-corrected chi connectivity index (χ0v) is 15.9. The largest absolute Gasteiger partial charge is 0.444 e. The molecule has 138 valence electrons. The molecular formula is C19H30N4O2. The van der Waals surface area contributed by atoms with Crippen LogP contribution >= 0.6 is 0 Å². The molecule has 0 spiro atoms. The van der Waals surface area contributed by atoms with E-state index in [1.807, 2.05) is 20.8 Å². The average molecular weight is 346 g/mol. The van der Waals surface area contributed by atoms with Gasteiger partial charge in [-0.15, -0.1) is 0 Å². The summed E-state index contributed by atoms with van der Waals surface area (Å²) >= 11 is 0. The van der Waals surface area contributed by atoms with Crippen molar-refractivity contribution in [1.29, 1.82) is 0 Å². The highest BCUT2D eigenvalue weighted by molar-refractivity contribution is 5.80. The summed E-state index contributed by atoms with van der Waals surface area (Å²) in [5.41, 5.74) is 1.99. The summed E-state index contributed by atoms with van der Waals surface area (Å²) < 4.78 is 5.32. The van der Waals surface area contributed by atoms with Crippen LogP contribution in [0.25, 0.3) is 0 Å². The maximum absolute atomic E-state index is 11.9. The second kappa shape index (κ2) is 8.23. The van der Waals surface area contributed by atoms with Gasteiger partial charge in [0.2, 0.25) is 0 Å². The smallest absolute Gasteiger partial charge is 0.407 e. The molecule has 1 unspecified atom stereocenters. The maximum Gasteiger partial charge on any atom is 0.407 e. The van der Waals surface area contributed by atoms with Gasteiger partial charge in [-0.05, 0) is 39.7 Å². The van der Waals surface area contributed by atoms with Gasteiger partial charge >= 0.3 is 6.09 Å². The Balaban J connectivity index is 1.83. The summed E-state index contributed by atoms with van der Waals surface area (Å²) in [5, 5.41) is 6.34. The summed E-state index contributed by atoms with van der Waals surface area (Å²) in [6, 6.07) is 8.49. The maximum atomic E-state index is 11.9. The van der Waals surface area contributed by atoms with Gasteiger partial charge in [-0.1, -0.05) is 29.8 Å². The summed E-state index contributed by atoms with van der Waals surface area (Å²) in [4.78, 5) is 18.4. The van der Waals surface area contributed by atoms with Gasteiger partial charge in [-0.2, -0.15) is 0 Å². The molecule has 2 N–H and O–H groups in total. The molecule has 2 rings (SSSR count). The lowest BCUT2D eigenvalue weighted by Gasteiger charge is -2.23. The molecule has 0 radical (unpaired) electrons. The Kier molecular flexibility index (Phi) is 6.28. The molecule has 0 aromatic heterocycles. The van der Waals surface area contributed by atoms with Crippen molar-refractivity contribution in [2.75, 3.05) is 20.1 Å². The Morgan fingerprint density at radius 1 is 1.40 bits per heavy atom. The van der Waals surface area contributed by atoms with Crippen LogP contribution < -0.4 is 10.6 Å². The van der Waals surface area contributed by atoms with Gasteiger partial charge in [0.25, 0.3) is 0 Å². The molecule has 1 saturated heterocycles. The molecule has 1 heterocycles. The lowest BCUT2D eigenvalue weighted by Crippen LogP contribution is -2.44. The standard InChI is InChI=1S/C19H30N4O2/c1-14-7-6-8-15(11-14)12-21-17(20-5)23-10-9-16(13-23)22-18(24)25-19(2,3)4/h6-8,11,16H,9-10,12-13H2,1-5H3,(H,20,21)(H,22,24). The first-order valence-corrected chi connectivity index (χ1v) is 8.77. The lowest BCUT2D eigenvalue weighted by atomic mass is 10.1. The monoisotopic (exact) mass is 346 g/mol. The van der Waals surface area contributed by atoms with E-state index in [1.54, 1.807) is 7.05 Å². The number of benzene rings is 1. The van der Waals surface area contributed by atoms with E-state index in [4.69, 9.17) is 4.74 Å². The molecule has 1 aliphatic rings. The molecule has 1 aromatic carbocycles. The Labute approximate surface area is 150 Å². The van der Waals surface area contributed by atoms with E-state index < -0.39 is 5.60 Å². The van der Waals surface area contributed by atoms with Gasteiger partial charge in [0.05, 0.1) is 6.04 Å². The van der Waals surface area contributed by atoms with E-state index in [0.717, 1.165) is 32.0 Å². The molecule has 1 fully saturated rings. The number of hydrogen-bond acceptors (Lipinski definition) is 3. The highest BCUT2D eigenvalue weighted by atomic mass is 16.6. The summed E-state index contributed by atoms with van der Waals surface area (Å²) in [6.45, 7) is 10.0. The first kappa shape index (κ1) is 19.1. The van der Waals surface area contributed by atoms with Crippen LogP contribution in [0.1, 0.15) is 38.3 Å². The number of hydrogen-bond donors (Lipinski definition) is 2. The minimum atomic E-state index is -0.478. The minimum absolute atomic E-state index is 0.0763. The number of rotatable bonds is 3. The van der Waals surface area contributed by atoms with E-state index in [2.05, 4.69) is 51.7 Å². The fraction of sp³-hybridized carbons (Fsp3) is 0.579. The molecule has 25 heavy (non-hydrogen) atoms. The quantitative estimate of drug-likeness (QED) is 0.652. The molecule has 1 aromatic rings. The number of carbonyl (C=O) groups is 1. The summed E-state index contributed by atoms with van der Waals surface area (Å²) in [6.07, 6.45) is 0.520. The molecule has 0 aliphatic carbocycles. The third kappa shape index (κ3) is 6.29. The molecule has 0 saturated carbocycles. The number of ether oxygens (including phenoxy) is 1. The number of alkyl carbamates (subject to hydrolysis) is 1. The summed E-state index contributed by atoms with van der Waals surface area (Å²) in [5.74, 6) is 0.856. The van der Waals surface area contributed by atoms with Crippen LogP contribution in [0.2, 0.25) is 0 Å². The van der Waals surface area contributed by atoms with Crippen molar-refractivity contribution >= 4 is 12.1 Å². The number of guanidine groups is 1. The normalized spacial score (nSPS) is 18.2. The molecule has 6 nitrogen and oxygen atoms in total. The Morgan fingerprint density at radius 2 is 2.16 bits per heavy atom. The van der Waals surface area contributed by atoms with Crippen molar-refractivity contribution in [2.45, 2.75) is 52.3 Å². The van der Waals surface area contributed by atoms with E-state index >= 15 is 0 Å². The third-order valence-corrected chi connectivity index (χ3v) is 3.95. The molecule has 1 aliphatic heterocycles. The van der Waals surface area contributed by atoms with Gasteiger partial charge in [0.1, 0.15) is 5.60 Å². The van der Waals surface area contributed by atoms with Crippen LogP contribution in [0, 0.1) is 6.92 Å². The predicted molar refractivity (Wildman–Crippen MR) is 101 cm³/mol. The van der Waals surface area contributed by atoms with Crippen LogP contribution in [0.4, 0.5) is 4.79 Å². The first-order chi connectivity index (χ1) is 11.8. The summed E-state index contributed by atoms with van der Waals surface area (Å²) in [7, 11) is 1.78. The predicted octanol–water partition coefficient (Wildman–Crippen LogP) is 2.67. The van der Waals surface area contributed by atoms with Gasteiger partial charge in [-0.3, -0.25) is 4.99 Å². The minimum Gasteiger partial charge on any atom is -0.444 e. The second-order valence-electron chi connectivity index (χ2n) is 7.47. The molecule has 6 heteroatoms. The molecule has 0 bridgehead atoms. The number of carbonyl (C=O) groups excluding carboxylic acids is 1.